The molecule has 3 atom stereocenters. The molecular weight excluding hydrogens is 156 g/mol. The largest absolute Gasteiger partial charge is 0.0876 e. The Morgan fingerprint density at radius 2 is 2.23 bits per heavy atom. The van der Waals surface area contributed by atoms with Crippen molar-refractivity contribution in [1.82, 2.24) is 0 Å². The molecule has 1 saturated carbocycles. The van der Waals surface area contributed by atoms with Gasteiger partial charge in [-0.1, -0.05) is 30.2 Å². The fourth-order valence-corrected chi connectivity index (χ4v) is 3.44. The van der Waals surface area contributed by atoms with Crippen molar-refractivity contribution in [1.29, 1.82) is 0 Å². The highest BCUT2D eigenvalue weighted by Crippen LogP contribution is 2.45. The van der Waals surface area contributed by atoms with Crippen LogP contribution in [0.2, 0.25) is 0 Å². The third-order valence-electron chi connectivity index (χ3n) is 4.15. The van der Waals surface area contributed by atoms with Crippen molar-refractivity contribution in [2.45, 2.75) is 38.5 Å². The van der Waals surface area contributed by atoms with Crippen LogP contribution in [0.3, 0.4) is 0 Å². The van der Waals surface area contributed by atoms with Crippen LogP contribution in [0.25, 0.3) is 0 Å². The van der Waals surface area contributed by atoms with E-state index >= 15 is 0 Å². The third kappa shape index (κ3) is 1.27. The highest BCUT2D eigenvalue weighted by Gasteiger charge is 2.33. The normalized spacial score (nSPS) is 42.5. The van der Waals surface area contributed by atoms with Crippen molar-refractivity contribution in [3.05, 3.63) is 23.8 Å². The second-order valence-electron chi connectivity index (χ2n) is 4.91. The van der Waals surface area contributed by atoms with Crippen molar-refractivity contribution in [2.75, 3.05) is 0 Å². The van der Waals surface area contributed by atoms with Crippen LogP contribution in [-0.4, -0.2) is 0 Å². The maximum atomic E-state index is 2.63. The molecule has 0 aromatic carbocycles. The zero-order valence-electron chi connectivity index (χ0n) is 8.21. The van der Waals surface area contributed by atoms with Gasteiger partial charge in [0.25, 0.3) is 0 Å². The molecular formula is C13H18. The van der Waals surface area contributed by atoms with Crippen molar-refractivity contribution in [3.8, 4) is 0 Å². The monoisotopic (exact) mass is 174 g/mol. The van der Waals surface area contributed by atoms with Crippen molar-refractivity contribution >= 4 is 0 Å². The Morgan fingerprint density at radius 3 is 3.23 bits per heavy atom. The van der Waals surface area contributed by atoms with Crippen molar-refractivity contribution < 1.29 is 0 Å². The van der Waals surface area contributed by atoms with Crippen LogP contribution in [0.15, 0.2) is 23.8 Å². The molecule has 3 rings (SSSR count). The van der Waals surface area contributed by atoms with Gasteiger partial charge in [0.15, 0.2) is 0 Å². The molecule has 0 saturated heterocycles. The number of rotatable bonds is 0. The van der Waals surface area contributed by atoms with E-state index in [4.69, 9.17) is 0 Å². The van der Waals surface area contributed by atoms with Crippen LogP contribution < -0.4 is 0 Å². The summed E-state index contributed by atoms with van der Waals surface area (Å²) in [6.07, 6.45) is 16.0. The molecule has 0 radical (unpaired) electrons. The van der Waals surface area contributed by atoms with Gasteiger partial charge in [-0.05, 0) is 49.9 Å². The van der Waals surface area contributed by atoms with Gasteiger partial charge >= 0.3 is 0 Å². The SMILES string of the molecule is C1=CC2CC3CCCC3C=C2CC1. The Bertz CT molecular complexity index is 259. The highest BCUT2D eigenvalue weighted by atomic mass is 14.4. The zero-order chi connectivity index (χ0) is 8.67. The summed E-state index contributed by atoms with van der Waals surface area (Å²) in [5.74, 6) is 2.85. The molecule has 3 unspecified atom stereocenters. The summed E-state index contributed by atoms with van der Waals surface area (Å²) in [6, 6.07) is 0. The van der Waals surface area contributed by atoms with Gasteiger partial charge in [-0.15, -0.1) is 0 Å². The van der Waals surface area contributed by atoms with Gasteiger partial charge in [0.05, 0.1) is 0 Å². The van der Waals surface area contributed by atoms with E-state index in [0.717, 1.165) is 17.8 Å². The first-order valence-corrected chi connectivity index (χ1v) is 5.81. The average Bonchev–Trinajstić information content (AvgIpc) is 2.61. The molecule has 0 aromatic rings. The standard InChI is InChI=1S/C13H18/c1-2-5-11-9-13-7-3-6-12(13)8-10(11)4-1/h1,4,9-10,12-13H,2-3,5-8H2. The summed E-state index contributed by atoms with van der Waals surface area (Å²) < 4.78 is 0. The van der Waals surface area contributed by atoms with Crippen LogP contribution in [0.1, 0.15) is 38.5 Å². The van der Waals surface area contributed by atoms with Crippen molar-refractivity contribution in [3.63, 3.8) is 0 Å². The predicted molar refractivity (Wildman–Crippen MR) is 55.4 cm³/mol. The van der Waals surface area contributed by atoms with Crippen LogP contribution >= 0.6 is 0 Å². The maximum absolute atomic E-state index is 2.63. The summed E-state index contributed by atoms with van der Waals surface area (Å²) in [5.41, 5.74) is 1.77. The van der Waals surface area contributed by atoms with Crippen LogP contribution in [0, 0.1) is 17.8 Å². The molecule has 13 heavy (non-hydrogen) atoms. The quantitative estimate of drug-likeness (QED) is 0.491. The Morgan fingerprint density at radius 1 is 1.23 bits per heavy atom. The molecule has 0 heteroatoms. The minimum Gasteiger partial charge on any atom is -0.0876 e. The summed E-state index contributed by atoms with van der Waals surface area (Å²) >= 11 is 0. The van der Waals surface area contributed by atoms with E-state index in [2.05, 4.69) is 18.2 Å². The first kappa shape index (κ1) is 7.84. The lowest BCUT2D eigenvalue weighted by molar-refractivity contribution is 0.357. The molecule has 0 aliphatic heterocycles. The van der Waals surface area contributed by atoms with Crippen molar-refractivity contribution in [2.24, 2.45) is 17.8 Å². The summed E-state index contributed by atoms with van der Waals surface area (Å²) in [6.45, 7) is 0. The summed E-state index contributed by atoms with van der Waals surface area (Å²) in [5, 5.41) is 0. The van der Waals surface area contributed by atoms with Crippen LogP contribution in [0.5, 0.6) is 0 Å². The number of allylic oxidation sites excluding steroid dienone is 4. The summed E-state index contributed by atoms with van der Waals surface area (Å²) in [4.78, 5) is 0. The Hall–Kier alpha value is -0.520. The minimum atomic E-state index is 0.841. The van der Waals surface area contributed by atoms with Crippen LogP contribution in [-0.2, 0) is 0 Å². The molecule has 0 heterocycles. The van der Waals surface area contributed by atoms with Gasteiger partial charge in [0.1, 0.15) is 0 Å². The van der Waals surface area contributed by atoms with E-state index < -0.39 is 0 Å². The topological polar surface area (TPSA) is 0 Å². The molecule has 3 aliphatic rings. The maximum Gasteiger partial charge on any atom is -0.00202 e. The van der Waals surface area contributed by atoms with Gasteiger partial charge in [-0.25, -0.2) is 0 Å². The molecule has 3 aliphatic carbocycles. The molecule has 0 spiro atoms. The second-order valence-corrected chi connectivity index (χ2v) is 4.91. The summed E-state index contributed by atoms with van der Waals surface area (Å²) in [7, 11) is 0. The molecule has 0 aromatic heterocycles. The first-order chi connectivity index (χ1) is 6.43. The highest BCUT2D eigenvalue weighted by molar-refractivity contribution is 5.23. The minimum absolute atomic E-state index is 0.841. The molecule has 0 bridgehead atoms. The number of hydrogen-bond acceptors (Lipinski definition) is 0. The van der Waals surface area contributed by atoms with E-state index in [1.165, 1.54) is 38.5 Å². The Kier molecular flexibility index (Phi) is 1.81. The Labute approximate surface area is 80.7 Å². The molecule has 0 amide bonds. The lowest BCUT2D eigenvalue weighted by Gasteiger charge is -2.32. The number of fused-ring (bicyclic) bond motifs is 2. The van der Waals surface area contributed by atoms with Gasteiger partial charge in [-0.3, -0.25) is 0 Å². The average molecular weight is 174 g/mol. The molecule has 1 fully saturated rings. The van der Waals surface area contributed by atoms with E-state index in [9.17, 15) is 0 Å². The first-order valence-electron chi connectivity index (χ1n) is 5.81. The van der Waals surface area contributed by atoms with E-state index in [1.54, 1.807) is 5.57 Å². The Balaban J connectivity index is 1.89. The fraction of sp³-hybridized carbons (Fsp3) is 0.692. The van der Waals surface area contributed by atoms with Gasteiger partial charge < -0.3 is 0 Å². The lowest BCUT2D eigenvalue weighted by atomic mass is 9.73. The number of hydrogen-bond donors (Lipinski definition) is 0. The molecule has 0 N–H and O–H groups in total. The van der Waals surface area contributed by atoms with Gasteiger partial charge in [0, 0.05) is 0 Å². The van der Waals surface area contributed by atoms with Crippen LogP contribution in [0.4, 0.5) is 0 Å². The zero-order valence-corrected chi connectivity index (χ0v) is 8.21. The predicted octanol–water partition coefficient (Wildman–Crippen LogP) is 3.70. The smallest absolute Gasteiger partial charge is 0.00202 e. The fourth-order valence-electron chi connectivity index (χ4n) is 3.44. The van der Waals surface area contributed by atoms with E-state index in [0.29, 0.717) is 0 Å². The lowest BCUT2D eigenvalue weighted by Crippen LogP contribution is -2.20. The molecule has 70 valence electrons. The van der Waals surface area contributed by atoms with Gasteiger partial charge in [0.2, 0.25) is 0 Å². The third-order valence-corrected chi connectivity index (χ3v) is 4.15. The van der Waals surface area contributed by atoms with E-state index in [1.807, 2.05) is 0 Å². The second kappa shape index (κ2) is 3.01. The molecule has 0 nitrogen and oxygen atoms in total. The van der Waals surface area contributed by atoms with Gasteiger partial charge in [-0.2, -0.15) is 0 Å². The van der Waals surface area contributed by atoms with E-state index in [-0.39, 0.29) is 0 Å².